The van der Waals surface area contributed by atoms with E-state index >= 15 is 0 Å². The van der Waals surface area contributed by atoms with Crippen LogP contribution in [0.15, 0.2) is 12.4 Å². The molecule has 1 aromatic heterocycles. The Labute approximate surface area is 104 Å². The molecule has 17 heavy (non-hydrogen) atoms. The Balaban J connectivity index is 1.93. The fraction of sp³-hybridized carbons (Fsp3) is 0.714. The molecule has 94 valence electrons. The largest absolute Gasteiger partial charge is 0.367 e. The van der Waals surface area contributed by atoms with Gasteiger partial charge in [0.25, 0.3) is 0 Å². The van der Waals surface area contributed by atoms with Gasteiger partial charge in [-0.1, -0.05) is 26.2 Å². The van der Waals surface area contributed by atoms with Crippen molar-refractivity contribution in [1.29, 1.82) is 0 Å². The van der Waals surface area contributed by atoms with Gasteiger partial charge in [0.15, 0.2) is 0 Å². The third-order valence-electron chi connectivity index (χ3n) is 3.72. The molecule has 0 amide bonds. The van der Waals surface area contributed by atoms with E-state index in [1.807, 2.05) is 13.0 Å². The van der Waals surface area contributed by atoms with Crippen LogP contribution in [0.2, 0.25) is 0 Å². The third kappa shape index (κ3) is 3.42. The summed E-state index contributed by atoms with van der Waals surface area (Å²) in [6, 6.07) is 2.66. The summed E-state index contributed by atoms with van der Waals surface area (Å²) in [5, 5.41) is 3.59. The van der Waals surface area contributed by atoms with E-state index in [0.717, 1.165) is 17.4 Å². The molecule has 0 bridgehead atoms. The standard InChI is InChI=1S/C14H23N3/c1-3-4-6-12-7-5-8-13(12)17-14-9-11(2)15-10-16-14/h9-10,12-13H,3-8H2,1-2H3,(H,15,16,17)/t12-,13+/m1/s1. The molecule has 1 aliphatic rings. The number of aryl methyl sites for hydroxylation is 1. The van der Waals surface area contributed by atoms with Crippen LogP contribution < -0.4 is 5.32 Å². The van der Waals surface area contributed by atoms with Gasteiger partial charge in [0.1, 0.15) is 12.1 Å². The van der Waals surface area contributed by atoms with Crippen molar-refractivity contribution in [2.45, 2.75) is 58.4 Å². The van der Waals surface area contributed by atoms with E-state index in [0.29, 0.717) is 6.04 Å². The van der Waals surface area contributed by atoms with Crippen molar-refractivity contribution in [2.24, 2.45) is 5.92 Å². The highest BCUT2D eigenvalue weighted by Gasteiger charge is 2.26. The highest BCUT2D eigenvalue weighted by atomic mass is 15.0. The topological polar surface area (TPSA) is 37.8 Å². The van der Waals surface area contributed by atoms with Gasteiger partial charge in [0.2, 0.25) is 0 Å². The van der Waals surface area contributed by atoms with Gasteiger partial charge in [-0.2, -0.15) is 0 Å². The first kappa shape index (κ1) is 12.3. The van der Waals surface area contributed by atoms with Gasteiger partial charge in [-0.05, 0) is 32.1 Å². The minimum Gasteiger partial charge on any atom is -0.367 e. The maximum Gasteiger partial charge on any atom is 0.129 e. The van der Waals surface area contributed by atoms with E-state index in [9.17, 15) is 0 Å². The zero-order valence-electron chi connectivity index (χ0n) is 10.9. The molecule has 1 saturated carbocycles. The molecule has 0 spiro atoms. The second-order valence-electron chi connectivity index (χ2n) is 5.13. The van der Waals surface area contributed by atoms with Gasteiger partial charge in [0, 0.05) is 17.8 Å². The highest BCUT2D eigenvalue weighted by Crippen LogP contribution is 2.31. The molecular formula is C14H23N3. The zero-order valence-corrected chi connectivity index (χ0v) is 10.9. The molecule has 1 aliphatic carbocycles. The van der Waals surface area contributed by atoms with Gasteiger partial charge in [-0.25, -0.2) is 9.97 Å². The Kier molecular flexibility index (Phi) is 4.35. The summed E-state index contributed by atoms with van der Waals surface area (Å²) in [6.45, 7) is 4.28. The van der Waals surface area contributed by atoms with Crippen molar-refractivity contribution in [1.82, 2.24) is 9.97 Å². The third-order valence-corrected chi connectivity index (χ3v) is 3.72. The van der Waals surface area contributed by atoms with Crippen LogP contribution in [-0.2, 0) is 0 Å². The van der Waals surface area contributed by atoms with E-state index in [2.05, 4.69) is 22.2 Å². The van der Waals surface area contributed by atoms with E-state index in [1.165, 1.54) is 38.5 Å². The quantitative estimate of drug-likeness (QED) is 0.845. The number of aromatic nitrogens is 2. The van der Waals surface area contributed by atoms with Crippen LogP contribution >= 0.6 is 0 Å². The molecule has 1 fully saturated rings. The van der Waals surface area contributed by atoms with Crippen LogP contribution in [0.5, 0.6) is 0 Å². The highest BCUT2D eigenvalue weighted by molar-refractivity contribution is 5.36. The fourth-order valence-corrected chi connectivity index (χ4v) is 2.76. The number of nitrogens with one attached hydrogen (secondary N) is 1. The zero-order chi connectivity index (χ0) is 12.1. The summed E-state index contributed by atoms with van der Waals surface area (Å²) < 4.78 is 0. The second kappa shape index (κ2) is 5.99. The van der Waals surface area contributed by atoms with E-state index in [1.54, 1.807) is 6.33 Å². The van der Waals surface area contributed by atoms with Gasteiger partial charge in [-0.15, -0.1) is 0 Å². The van der Waals surface area contributed by atoms with Crippen molar-refractivity contribution in [3.8, 4) is 0 Å². The summed E-state index contributed by atoms with van der Waals surface area (Å²) in [6.07, 6.45) is 9.68. The maximum atomic E-state index is 4.30. The molecule has 0 saturated heterocycles. The normalized spacial score (nSPS) is 23.9. The van der Waals surface area contributed by atoms with Crippen molar-refractivity contribution in [3.63, 3.8) is 0 Å². The van der Waals surface area contributed by atoms with Gasteiger partial charge >= 0.3 is 0 Å². The SMILES string of the molecule is CCCC[C@@H]1CCC[C@@H]1Nc1cc(C)ncn1. The molecule has 2 atom stereocenters. The fourth-order valence-electron chi connectivity index (χ4n) is 2.76. The maximum absolute atomic E-state index is 4.30. The van der Waals surface area contributed by atoms with Crippen LogP contribution in [0.3, 0.4) is 0 Å². The minimum atomic E-state index is 0.621. The summed E-state index contributed by atoms with van der Waals surface area (Å²) in [4.78, 5) is 8.43. The lowest BCUT2D eigenvalue weighted by atomic mass is 9.97. The monoisotopic (exact) mass is 233 g/mol. The Bertz CT molecular complexity index is 351. The van der Waals surface area contributed by atoms with Crippen molar-refractivity contribution in [3.05, 3.63) is 18.1 Å². The van der Waals surface area contributed by atoms with Gasteiger partial charge in [-0.3, -0.25) is 0 Å². The lowest BCUT2D eigenvalue weighted by Crippen LogP contribution is -2.24. The second-order valence-corrected chi connectivity index (χ2v) is 5.13. The first-order valence-corrected chi connectivity index (χ1v) is 6.84. The number of hydrogen-bond acceptors (Lipinski definition) is 3. The number of anilines is 1. The molecular weight excluding hydrogens is 210 g/mol. The number of hydrogen-bond donors (Lipinski definition) is 1. The predicted molar refractivity (Wildman–Crippen MR) is 71.0 cm³/mol. The Morgan fingerprint density at radius 1 is 1.35 bits per heavy atom. The molecule has 1 heterocycles. The Hall–Kier alpha value is -1.12. The van der Waals surface area contributed by atoms with Gasteiger partial charge < -0.3 is 5.32 Å². The summed E-state index contributed by atoms with van der Waals surface area (Å²) in [5.74, 6) is 1.83. The summed E-state index contributed by atoms with van der Waals surface area (Å²) >= 11 is 0. The summed E-state index contributed by atoms with van der Waals surface area (Å²) in [7, 11) is 0. The number of unbranched alkanes of at least 4 members (excludes halogenated alkanes) is 1. The molecule has 0 unspecified atom stereocenters. The van der Waals surface area contributed by atoms with Crippen molar-refractivity contribution < 1.29 is 0 Å². The lowest BCUT2D eigenvalue weighted by molar-refractivity contribution is 0.448. The van der Waals surface area contributed by atoms with Crippen LogP contribution in [0, 0.1) is 12.8 Å². The smallest absolute Gasteiger partial charge is 0.129 e. The average Bonchev–Trinajstić information content (AvgIpc) is 2.74. The van der Waals surface area contributed by atoms with Crippen LogP contribution in [-0.4, -0.2) is 16.0 Å². The lowest BCUT2D eigenvalue weighted by Gasteiger charge is -2.21. The first-order chi connectivity index (χ1) is 8.29. The molecule has 3 heteroatoms. The summed E-state index contributed by atoms with van der Waals surface area (Å²) in [5.41, 5.74) is 1.03. The first-order valence-electron chi connectivity index (χ1n) is 6.84. The average molecular weight is 233 g/mol. The van der Waals surface area contributed by atoms with E-state index < -0.39 is 0 Å². The molecule has 0 radical (unpaired) electrons. The van der Waals surface area contributed by atoms with Gasteiger partial charge in [0.05, 0.1) is 0 Å². The van der Waals surface area contributed by atoms with Crippen LogP contribution in [0.25, 0.3) is 0 Å². The molecule has 1 N–H and O–H groups in total. The van der Waals surface area contributed by atoms with Crippen LogP contribution in [0.4, 0.5) is 5.82 Å². The number of rotatable bonds is 5. The predicted octanol–water partition coefficient (Wildman–Crippen LogP) is 3.56. The van der Waals surface area contributed by atoms with E-state index in [-0.39, 0.29) is 0 Å². The Morgan fingerprint density at radius 2 is 2.24 bits per heavy atom. The Morgan fingerprint density at radius 3 is 3.00 bits per heavy atom. The minimum absolute atomic E-state index is 0.621. The van der Waals surface area contributed by atoms with Crippen LogP contribution in [0.1, 0.15) is 51.1 Å². The molecule has 1 aromatic rings. The molecule has 2 rings (SSSR count). The molecule has 0 aromatic carbocycles. The van der Waals surface area contributed by atoms with Crippen molar-refractivity contribution >= 4 is 5.82 Å². The molecule has 0 aliphatic heterocycles. The number of nitrogens with zero attached hydrogens (tertiary/aromatic N) is 2. The van der Waals surface area contributed by atoms with E-state index in [4.69, 9.17) is 0 Å². The molecule has 3 nitrogen and oxygen atoms in total. The van der Waals surface area contributed by atoms with Crippen molar-refractivity contribution in [2.75, 3.05) is 5.32 Å².